The molecule has 1 aliphatic heterocycles. The number of halogens is 3. The van der Waals surface area contributed by atoms with Crippen LogP contribution < -0.4 is 5.32 Å². The number of alkyl halides is 3. The summed E-state index contributed by atoms with van der Waals surface area (Å²) in [7, 11) is 0. The maximum Gasteiger partial charge on any atom is 0.416 e. The van der Waals surface area contributed by atoms with Crippen molar-refractivity contribution in [1.29, 1.82) is 0 Å². The number of nitrogens with zero attached hydrogens (tertiary/aromatic N) is 3. The molecule has 0 atom stereocenters. The summed E-state index contributed by atoms with van der Waals surface area (Å²) in [5, 5.41) is 6.61. The van der Waals surface area contributed by atoms with Crippen LogP contribution in [-0.2, 0) is 17.5 Å². The number of carbonyl (C=O) groups is 1. The lowest BCUT2D eigenvalue weighted by Gasteiger charge is -2.40. The number of carbonyl (C=O) groups excluding carboxylic acids is 1. The molecule has 9 heteroatoms. The van der Waals surface area contributed by atoms with E-state index in [2.05, 4.69) is 15.5 Å². The van der Waals surface area contributed by atoms with Gasteiger partial charge in [-0.05, 0) is 26.0 Å². The summed E-state index contributed by atoms with van der Waals surface area (Å²) in [6.45, 7) is 5.05. The third-order valence-corrected chi connectivity index (χ3v) is 4.28. The Morgan fingerprint density at radius 2 is 1.96 bits per heavy atom. The average molecular weight is 354 g/mol. The van der Waals surface area contributed by atoms with Crippen LogP contribution in [0, 0.1) is 0 Å². The highest BCUT2D eigenvalue weighted by Gasteiger charge is 2.38. The number of rotatable bonds is 3. The van der Waals surface area contributed by atoms with Gasteiger partial charge in [-0.1, -0.05) is 17.3 Å². The second kappa shape index (κ2) is 6.14. The summed E-state index contributed by atoms with van der Waals surface area (Å²) >= 11 is 0. The van der Waals surface area contributed by atoms with Crippen molar-refractivity contribution in [2.75, 3.05) is 13.1 Å². The fourth-order valence-corrected chi connectivity index (χ4v) is 2.63. The molecular formula is C16H17F3N4O2. The molecule has 25 heavy (non-hydrogen) atoms. The molecule has 1 saturated heterocycles. The third-order valence-electron chi connectivity index (χ3n) is 4.28. The number of aromatic nitrogens is 2. The zero-order valence-corrected chi connectivity index (χ0v) is 13.7. The van der Waals surface area contributed by atoms with Crippen LogP contribution >= 0.6 is 0 Å². The topological polar surface area (TPSA) is 71.3 Å². The smallest absolute Gasteiger partial charge is 0.353 e. The van der Waals surface area contributed by atoms with Gasteiger partial charge < -0.3 is 9.84 Å². The van der Waals surface area contributed by atoms with Gasteiger partial charge in [0.2, 0.25) is 17.6 Å². The van der Waals surface area contributed by atoms with E-state index in [9.17, 15) is 18.0 Å². The van der Waals surface area contributed by atoms with Crippen LogP contribution in [0.25, 0.3) is 11.4 Å². The number of hydrogen-bond donors (Lipinski definition) is 1. The Kier molecular flexibility index (Phi) is 4.28. The number of hydrogen-bond acceptors (Lipinski definition) is 5. The first-order valence-corrected chi connectivity index (χ1v) is 7.71. The summed E-state index contributed by atoms with van der Waals surface area (Å²) < 4.78 is 43.0. The van der Waals surface area contributed by atoms with Gasteiger partial charge in [0.25, 0.3) is 0 Å². The van der Waals surface area contributed by atoms with Crippen LogP contribution in [0.1, 0.15) is 25.3 Å². The van der Waals surface area contributed by atoms with Crippen LogP contribution in [0.4, 0.5) is 13.2 Å². The zero-order chi connectivity index (χ0) is 18.2. The molecule has 1 fully saturated rings. The Labute approximate surface area is 142 Å². The van der Waals surface area contributed by atoms with Crippen molar-refractivity contribution in [1.82, 2.24) is 20.4 Å². The minimum atomic E-state index is -4.39. The lowest BCUT2D eigenvalue weighted by molar-refractivity contribution is -0.137. The largest absolute Gasteiger partial charge is 0.416 e. The molecule has 0 bridgehead atoms. The van der Waals surface area contributed by atoms with E-state index in [4.69, 9.17) is 4.52 Å². The highest BCUT2D eigenvalue weighted by Crippen LogP contribution is 2.30. The van der Waals surface area contributed by atoms with Crippen molar-refractivity contribution in [3.8, 4) is 11.4 Å². The standard InChI is InChI=1S/C16H17F3N4O2/c1-15(2)14(24)20-7-8-23(15)9-12-21-13(22-25-12)10-3-5-11(6-4-10)16(17,18)19/h3-6H,7-9H2,1-2H3,(H,20,24). The maximum atomic E-state index is 12.6. The van der Waals surface area contributed by atoms with Crippen LogP contribution in [0.15, 0.2) is 28.8 Å². The Morgan fingerprint density at radius 1 is 1.28 bits per heavy atom. The predicted molar refractivity (Wildman–Crippen MR) is 82.2 cm³/mol. The van der Waals surface area contributed by atoms with Gasteiger partial charge in [-0.25, -0.2) is 0 Å². The molecule has 1 aromatic carbocycles. The van der Waals surface area contributed by atoms with E-state index in [0.29, 0.717) is 24.5 Å². The Morgan fingerprint density at radius 3 is 2.60 bits per heavy atom. The van der Waals surface area contributed by atoms with Crippen LogP contribution in [0.5, 0.6) is 0 Å². The first-order valence-electron chi connectivity index (χ1n) is 7.71. The molecule has 1 aliphatic rings. The first-order chi connectivity index (χ1) is 11.7. The van der Waals surface area contributed by atoms with Crippen LogP contribution in [-0.4, -0.2) is 39.6 Å². The second-order valence-corrected chi connectivity index (χ2v) is 6.32. The van der Waals surface area contributed by atoms with Crippen molar-refractivity contribution in [2.24, 2.45) is 0 Å². The molecule has 6 nitrogen and oxygen atoms in total. The highest BCUT2D eigenvalue weighted by molar-refractivity contribution is 5.86. The molecular weight excluding hydrogens is 337 g/mol. The molecule has 1 amide bonds. The third kappa shape index (κ3) is 3.51. The predicted octanol–water partition coefficient (Wildman–Crippen LogP) is 2.47. The molecule has 3 rings (SSSR count). The zero-order valence-electron chi connectivity index (χ0n) is 13.7. The van der Waals surface area contributed by atoms with Gasteiger partial charge in [0.1, 0.15) is 0 Å². The van der Waals surface area contributed by atoms with Crippen molar-refractivity contribution < 1.29 is 22.5 Å². The van der Waals surface area contributed by atoms with E-state index in [1.165, 1.54) is 12.1 Å². The van der Waals surface area contributed by atoms with E-state index in [0.717, 1.165) is 12.1 Å². The minimum absolute atomic E-state index is 0.0822. The SMILES string of the molecule is CC1(C)C(=O)NCCN1Cc1nc(-c2ccc(C(F)(F)F)cc2)no1. The van der Waals surface area contributed by atoms with Gasteiger partial charge >= 0.3 is 6.18 Å². The number of piperazine rings is 1. The van der Waals surface area contributed by atoms with Gasteiger partial charge in [-0.2, -0.15) is 18.2 Å². The van der Waals surface area contributed by atoms with Crippen molar-refractivity contribution >= 4 is 5.91 Å². The Hall–Kier alpha value is -2.42. The molecule has 0 unspecified atom stereocenters. The average Bonchev–Trinajstić information content (AvgIpc) is 3.00. The molecule has 134 valence electrons. The molecule has 2 heterocycles. The van der Waals surface area contributed by atoms with Gasteiger partial charge in [0.05, 0.1) is 17.6 Å². The summed E-state index contributed by atoms with van der Waals surface area (Å²) in [6.07, 6.45) is -4.39. The number of benzene rings is 1. The summed E-state index contributed by atoms with van der Waals surface area (Å²) in [5.74, 6) is 0.432. The lowest BCUT2D eigenvalue weighted by Crippen LogP contribution is -2.61. The molecule has 0 radical (unpaired) electrons. The van der Waals surface area contributed by atoms with Crippen LogP contribution in [0.2, 0.25) is 0 Å². The second-order valence-electron chi connectivity index (χ2n) is 6.32. The molecule has 1 aromatic heterocycles. The molecule has 0 aliphatic carbocycles. The van der Waals surface area contributed by atoms with Gasteiger partial charge in [0, 0.05) is 18.7 Å². The fourth-order valence-electron chi connectivity index (χ4n) is 2.63. The van der Waals surface area contributed by atoms with Gasteiger partial charge in [0.15, 0.2) is 0 Å². The Bertz CT molecular complexity index is 768. The number of amides is 1. The summed E-state index contributed by atoms with van der Waals surface area (Å²) in [6, 6.07) is 4.55. The lowest BCUT2D eigenvalue weighted by atomic mass is 9.99. The van der Waals surface area contributed by atoms with E-state index in [1.807, 2.05) is 4.90 Å². The van der Waals surface area contributed by atoms with Crippen molar-refractivity contribution in [2.45, 2.75) is 32.1 Å². The fraction of sp³-hybridized carbons (Fsp3) is 0.438. The maximum absolute atomic E-state index is 12.6. The molecule has 0 saturated carbocycles. The van der Waals surface area contributed by atoms with E-state index in [1.54, 1.807) is 13.8 Å². The van der Waals surface area contributed by atoms with Gasteiger partial charge in [-0.3, -0.25) is 9.69 Å². The van der Waals surface area contributed by atoms with E-state index < -0.39 is 17.3 Å². The minimum Gasteiger partial charge on any atom is -0.353 e. The number of nitrogens with one attached hydrogen (secondary N) is 1. The van der Waals surface area contributed by atoms with Crippen molar-refractivity contribution in [3.05, 3.63) is 35.7 Å². The van der Waals surface area contributed by atoms with Crippen molar-refractivity contribution in [3.63, 3.8) is 0 Å². The van der Waals surface area contributed by atoms with Crippen LogP contribution in [0.3, 0.4) is 0 Å². The Balaban J connectivity index is 1.75. The summed E-state index contributed by atoms with van der Waals surface area (Å²) in [5.41, 5.74) is -1.01. The normalized spacial score (nSPS) is 18.2. The molecule has 0 spiro atoms. The monoisotopic (exact) mass is 354 g/mol. The molecule has 2 aromatic rings. The first kappa shape index (κ1) is 17.4. The van der Waals surface area contributed by atoms with E-state index >= 15 is 0 Å². The summed E-state index contributed by atoms with van der Waals surface area (Å²) in [4.78, 5) is 18.1. The quantitative estimate of drug-likeness (QED) is 0.917. The van der Waals surface area contributed by atoms with Gasteiger partial charge in [-0.15, -0.1) is 0 Å². The molecule has 1 N–H and O–H groups in total. The van der Waals surface area contributed by atoms with E-state index in [-0.39, 0.29) is 18.3 Å². The highest BCUT2D eigenvalue weighted by atomic mass is 19.4.